The van der Waals surface area contributed by atoms with Gasteiger partial charge in [0.25, 0.3) is 0 Å². The molecule has 0 atom stereocenters. The number of alkyl halides is 4. The molecule has 72 valence electrons. The topological polar surface area (TPSA) is 26.3 Å². The fraction of sp³-hybridized carbons (Fsp3) is 0.833. The molecule has 0 aromatic rings. The zero-order valence-electron chi connectivity index (χ0n) is 6.54. The van der Waals surface area contributed by atoms with E-state index in [2.05, 4.69) is 4.74 Å². The summed E-state index contributed by atoms with van der Waals surface area (Å²) < 4.78 is 52.3. The highest BCUT2D eigenvalue weighted by Crippen LogP contribution is 2.33. The van der Waals surface area contributed by atoms with E-state index in [1.54, 1.807) is 0 Å². The van der Waals surface area contributed by atoms with Crippen molar-refractivity contribution >= 4 is 5.97 Å². The lowest BCUT2D eigenvalue weighted by Gasteiger charge is -2.21. The van der Waals surface area contributed by atoms with Crippen molar-refractivity contribution in [2.75, 3.05) is 6.61 Å². The van der Waals surface area contributed by atoms with Gasteiger partial charge in [-0.05, 0) is 0 Å². The van der Waals surface area contributed by atoms with Crippen LogP contribution in [0.25, 0.3) is 0 Å². The summed E-state index contributed by atoms with van der Waals surface area (Å²) in [6.07, 6.45) is 0. The molecule has 6 heteroatoms. The van der Waals surface area contributed by atoms with Gasteiger partial charge in [0, 0.05) is 13.8 Å². The van der Waals surface area contributed by atoms with Gasteiger partial charge in [-0.15, -0.1) is 0 Å². The Morgan fingerprint density at radius 2 is 1.75 bits per heavy atom. The molecule has 12 heavy (non-hydrogen) atoms. The van der Waals surface area contributed by atoms with Crippen LogP contribution in [0.4, 0.5) is 17.6 Å². The van der Waals surface area contributed by atoms with Crippen LogP contribution >= 0.6 is 0 Å². The lowest BCUT2D eigenvalue weighted by atomic mass is 10.2. The smallest absolute Gasteiger partial charge is 0.343 e. The first-order valence-corrected chi connectivity index (χ1v) is 3.06. The summed E-state index contributed by atoms with van der Waals surface area (Å²) in [4.78, 5) is 10.0. The summed E-state index contributed by atoms with van der Waals surface area (Å²) in [5, 5.41) is 0. The molecule has 0 bridgehead atoms. The van der Waals surface area contributed by atoms with Crippen LogP contribution in [0.2, 0.25) is 0 Å². The van der Waals surface area contributed by atoms with Gasteiger partial charge in [0.2, 0.25) is 0 Å². The normalized spacial score (nSPS) is 12.8. The molecule has 0 rings (SSSR count). The fourth-order valence-corrected chi connectivity index (χ4v) is 0.319. The molecule has 2 nitrogen and oxygen atoms in total. The standard InChI is InChI=1S/C6H8F4O2/c1-4(11)12-3-6(9,10)5(2,7)8/h3H2,1-2H3. The number of rotatable bonds is 3. The minimum absolute atomic E-state index is 0.0660. The predicted molar refractivity (Wildman–Crippen MR) is 32.2 cm³/mol. The van der Waals surface area contributed by atoms with Crippen molar-refractivity contribution in [1.29, 1.82) is 0 Å². The highest BCUT2D eigenvalue weighted by atomic mass is 19.3. The number of esters is 1. The van der Waals surface area contributed by atoms with Crippen molar-refractivity contribution in [1.82, 2.24) is 0 Å². The van der Waals surface area contributed by atoms with Crippen molar-refractivity contribution < 1.29 is 27.1 Å². The maximum absolute atomic E-state index is 12.3. The molecular weight excluding hydrogens is 180 g/mol. The summed E-state index contributed by atoms with van der Waals surface area (Å²) in [5.41, 5.74) is 0. The molecule has 0 radical (unpaired) electrons. The lowest BCUT2D eigenvalue weighted by Crippen LogP contribution is -2.42. The maximum atomic E-state index is 12.3. The van der Waals surface area contributed by atoms with E-state index >= 15 is 0 Å². The third kappa shape index (κ3) is 3.06. The Morgan fingerprint density at radius 1 is 1.33 bits per heavy atom. The molecule has 0 saturated heterocycles. The Balaban J connectivity index is 4.14. The number of carbonyl (C=O) groups is 1. The molecule has 0 fully saturated rings. The summed E-state index contributed by atoms with van der Waals surface area (Å²) in [5.74, 6) is -9.50. The highest BCUT2D eigenvalue weighted by molar-refractivity contribution is 5.65. The fourth-order valence-electron chi connectivity index (χ4n) is 0.319. The van der Waals surface area contributed by atoms with Crippen LogP contribution < -0.4 is 0 Å². The number of ether oxygens (including phenoxy) is 1. The van der Waals surface area contributed by atoms with Crippen LogP contribution in [0.15, 0.2) is 0 Å². The van der Waals surface area contributed by atoms with Gasteiger partial charge in [-0.3, -0.25) is 4.79 Å². The molecule has 0 N–H and O–H groups in total. The molecule has 0 saturated carbocycles. The van der Waals surface area contributed by atoms with E-state index in [0.29, 0.717) is 0 Å². The van der Waals surface area contributed by atoms with Crippen LogP contribution in [0, 0.1) is 0 Å². The van der Waals surface area contributed by atoms with Crippen LogP contribution in [-0.2, 0) is 9.53 Å². The molecular formula is C6H8F4O2. The van der Waals surface area contributed by atoms with Crippen LogP contribution in [0.3, 0.4) is 0 Å². The van der Waals surface area contributed by atoms with Crippen molar-refractivity contribution in [2.24, 2.45) is 0 Å². The monoisotopic (exact) mass is 188 g/mol. The summed E-state index contributed by atoms with van der Waals surface area (Å²) >= 11 is 0. The molecule has 0 aliphatic heterocycles. The molecule has 0 spiro atoms. The van der Waals surface area contributed by atoms with Gasteiger partial charge >= 0.3 is 17.8 Å². The van der Waals surface area contributed by atoms with Gasteiger partial charge in [0.15, 0.2) is 6.61 Å². The Kier molecular flexibility index (Phi) is 3.06. The average Bonchev–Trinajstić information content (AvgIpc) is 1.81. The van der Waals surface area contributed by atoms with Crippen molar-refractivity contribution in [3.8, 4) is 0 Å². The maximum Gasteiger partial charge on any atom is 0.343 e. The van der Waals surface area contributed by atoms with E-state index in [-0.39, 0.29) is 6.92 Å². The van der Waals surface area contributed by atoms with Crippen LogP contribution in [0.1, 0.15) is 13.8 Å². The Hall–Kier alpha value is -0.810. The first-order valence-electron chi connectivity index (χ1n) is 3.06. The average molecular weight is 188 g/mol. The quantitative estimate of drug-likeness (QED) is 0.499. The third-order valence-electron chi connectivity index (χ3n) is 1.10. The Labute approximate surface area is 66.5 Å². The molecule has 0 heterocycles. The van der Waals surface area contributed by atoms with Gasteiger partial charge in [0.05, 0.1) is 0 Å². The summed E-state index contributed by atoms with van der Waals surface area (Å²) in [6.45, 7) is -0.661. The van der Waals surface area contributed by atoms with Gasteiger partial charge in [-0.25, -0.2) is 8.78 Å². The Morgan fingerprint density at radius 3 is 2.00 bits per heavy atom. The lowest BCUT2D eigenvalue weighted by molar-refractivity contribution is -0.221. The molecule has 0 aromatic carbocycles. The van der Waals surface area contributed by atoms with E-state index in [9.17, 15) is 22.4 Å². The number of hydrogen-bond donors (Lipinski definition) is 0. The van der Waals surface area contributed by atoms with E-state index < -0.39 is 24.4 Å². The van der Waals surface area contributed by atoms with Gasteiger partial charge in [-0.2, -0.15) is 8.78 Å². The zero-order valence-corrected chi connectivity index (χ0v) is 6.54. The molecule has 0 unspecified atom stereocenters. The first-order chi connectivity index (χ1) is 5.17. The minimum atomic E-state index is -4.31. The SMILES string of the molecule is CC(=O)OCC(F)(F)C(C)(F)F. The molecule has 0 aliphatic carbocycles. The number of hydrogen-bond acceptors (Lipinski definition) is 2. The van der Waals surface area contributed by atoms with E-state index in [1.807, 2.05) is 0 Å². The van der Waals surface area contributed by atoms with Gasteiger partial charge < -0.3 is 4.74 Å². The highest BCUT2D eigenvalue weighted by Gasteiger charge is 2.53. The van der Waals surface area contributed by atoms with Gasteiger partial charge in [0.1, 0.15) is 0 Å². The summed E-state index contributed by atoms with van der Waals surface area (Å²) in [6, 6.07) is 0. The van der Waals surface area contributed by atoms with E-state index in [4.69, 9.17) is 0 Å². The second-order valence-corrected chi connectivity index (χ2v) is 2.37. The second kappa shape index (κ2) is 3.28. The third-order valence-corrected chi connectivity index (χ3v) is 1.10. The molecule has 0 amide bonds. The van der Waals surface area contributed by atoms with Crippen molar-refractivity contribution in [3.05, 3.63) is 0 Å². The van der Waals surface area contributed by atoms with Crippen LogP contribution in [0.5, 0.6) is 0 Å². The largest absolute Gasteiger partial charge is 0.459 e. The van der Waals surface area contributed by atoms with E-state index in [0.717, 1.165) is 6.92 Å². The molecule has 0 aliphatic rings. The number of halogens is 4. The van der Waals surface area contributed by atoms with Crippen molar-refractivity contribution in [3.63, 3.8) is 0 Å². The first kappa shape index (κ1) is 11.2. The number of carbonyl (C=O) groups excluding carboxylic acids is 1. The minimum Gasteiger partial charge on any atom is -0.459 e. The molecule has 0 aromatic heterocycles. The Bertz CT molecular complexity index is 173. The van der Waals surface area contributed by atoms with Gasteiger partial charge in [-0.1, -0.05) is 0 Å². The second-order valence-electron chi connectivity index (χ2n) is 2.37. The summed E-state index contributed by atoms with van der Waals surface area (Å²) in [7, 11) is 0. The van der Waals surface area contributed by atoms with Crippen LogP contribution in [-0.4, -0.2) is 24.4 Å². The van der Waals surface area contributed by atoms with E-state index in [1.165, 1.54) is 0 Å². The predicted octanol–water partition coefficient (Wildman–Crippen LogP) is 1.84. The zero-order chi connectivity index (χ0) is 9.99. The van der Waals surface area contributed by atoms with Crippen molar-refractivity contribution in [2.45, 2.75) is 25.7 Å².